The number of ether oxygens (including phenoxy) is 1. The molecule has 1 fully saturated rings. The van der Waals surface area contributed by atoms with E-state index in [2.05, 4.69) is 78.6 Å². The first-order valence-corrected chi connectivity index (χ1v) is 29.0. The van der Waals surface area contributed by atoms with E-state index in [1.807, 2.05) is 19.6 Å². The van der Waals surface area contributed by atoms with E-state index in [1.165, 1.54) is 0 Å². The lowest BCUT2D eigenvalue weighted by Gasteiger charge is -2.51. The van der Waals surface area contributed by atoms with Crippen LogP contribution in [-0.4, -0.2) is 78.3 Å². The Morgan fingerprint density at radius 2 is 0.879 bits per heavy atom. The molecule has 1 saturated heterocycles. The maximum absolute atomic E-state index is 13.4. The van der Waals surface area contributed by atoms with E-state index in [0.29, 0.717) is 0 Å². The van der Waals surface area contributed by atoms with Gasteiger partial charge in [-0.2, -0.15) is 0 Å². The topological polar surface area (TPSA) is 72.5 Å². The molecule has 0 N–H and O–H groups in total. The summed E-state index contributed by atoms with van der Waals surface area (Å²) in [6, 6.07) is 0. The summed E-state index contributed by atoms with van der Waals surface area (Å²) < 4.78 is 38.8. The van der Waals surface area contributed by atoms with E-state index in [4.69, 9.17) is 26.9 Å². The van der Waals surface area contributed by atoms with Gasteiger partial charge >= 0.3 is 5.97 Å². The molecule has 0 aliphatic carbocycles. The Balaban J connectivity index is 3.62. The second-order valence-corrected chi connectivity index (χ2v) is 36.0. The zero-order chi connectivity index (χ0) is 26.2. The molecule has 33 heavy (non-hydrogen) atoms. The fourth-order valence-corrected chi connectivity index (χ4v) is 8.24. The Morgan fingerprint density at radius 3 is 1.24 bits per heavy atom. The van der Waals surface area contributed by atoms with Crippen molar-refractivity contribution < 1.29 is 31.7 Å². The van der Waals surface area contributed by atoms with Gasteiger partial charge in [-0.15, -0.1) is 0 Å². The standard InChI is InChI=1S/C21H50O7Si5/c1-29(2,3)24-16-17(25-30(4,5)6)19(26-31(7,8)9)21(28-33(13,14)15)23-18(16)20(22)27-32(10,11)12/h16-19,21H,1-15H3/t16-,17+,18+,19-,21+/m1/s1. The number of hydrogen-bond donors (Lipinski definition) is 0. The van der Waals surface area contributed by atoms with Crippen LogP contribution in [-0.2, 0) is 31.7 Å². The second kappa shape index (κ2) is 10.8. The van der Waals surface area contributed by atoms with Crippen LogP contribution in [0.3, 0.4) is 0 Å². The zero-order valence-corrected chi connectivity index (χ0v) is 28.7. The molecule has 0 amide bonds. The van der Waals surface area contributed by atoms with Gasteiger partial charge in [-0.05, 0) is 98.2 Å². The van der Waals surface area contributed by atoms with Gasteiger partial charge < -0.3 is 26.9 Å². The summed E-state index contributed by atoms with van der Waals surface area (Å²) in [5.41, 5.74) is 0. The van der Waals surface area contributed by atoms with E-state index in [-0.39, 0.29) is 0 Å². The molecule has 0 aromatic rings. The molecule has 0 spiro atoms. The van der Waals surface area contributed by atoms with Gasteiger partial charge in [0.05, 0.1) is 0 Å². The minimum absolute atomic E-state index is 0.391. The Kier molecular flexibility index (Phi) is 10.2. The third kappa shape index (κ3) is 12.2. The van der Waals surface area contributed by atoms with Crippen LogP contribution in [0.2, 0.25) is 98.2 Å². The quantitative estimate of drug-likeness (QED) is 0.325. The van der Waals surface area contributed by atoms with E-state index in [0.717, 1.165) is 0 Å². The summed E-state index contributed by atoms with van der Waals surface area (Å²) >= 11 is 0. The summed E-state index contributed by atoms with van der Waals surface area (Å²) in [4.78, 5) is 13.4. The largest absolute Gasteiger partial charge is 0.518 e. The van der Waals surface area contributed by atoms with Crippen molar-refractivity contribution in [2.75, 3.05) is 0 Å². The lowest BCUT2D eigenvalue weighted by Crippen LogP contribution is -2.68. The van der Waals surface area contributed by atoms with E-state index >= 15 is 0 Å². The first-order chi connectivity index (χ1) is 14.4. The summed E-state index contributed by atoms with van der Waals surface area (Å²) in [7, 11) is -10.3. The molecule has 196 valence electrons. The van der Waals surface area contributed by atoms with E-state index < -0.39 is 78.3 Å². The van der Waals surface area contributed by atoms with Gasteiger partial charge in [-0.25, -0.2) is 0 Å². The molecule has 12 heteroatoms. The molecule has 0 bridgehead atoms. The fourth-order valence-electron chi connectivity index (χ4n) is 3.42. The van der Waals surface area contributed by atoms with Crippen LogP contribution in [0.25, 0.3) is 0 Å². The summed E-state index contributed by atoms with van der Waals surface area (Å²) in [5, 5.41) is 0. The number of hydrogen-bond acceptors (Lipinski definition) is 7. The van der Waals surface area contributed by atoms with Crippen molar-refractivity contribution >= 4 is 47.6 Å². The highest BCUT2D eigenvalue weighted by atomic mass is 28.4. The van der Waals surface area contributed by atoms with Gasteiger partial charge in [0.2, 0.25) is 8.32 Å². The first kappa shape index (κ1) is 31.4. The molecular formula is C21H50O7Si5. The normalized spacial score (nSPS) is 28.0. The molecule has 7 nitrogen and oxygen atoms in total. The Morgan fingerprint density at radius 1 is 0.515 bits per heavy atom. The van der Waals surface area contributed by atoms with E-state index in [9.17, 15) is 4.79 Å². The van der Waals surface area contributed by atoms with Gasteiger partial charge in [0, 0.05) is 0 Å². The minimum atomic E-state index is -2.15. The lowest BCUT2D eigenvalue weighted by atomic mass is 9.99. The van der Waals surface area contributed by atoms with Crippen LogP contribution < -0.4 is 0 Å². The van der Waals surface area contributed by atoms with Crippen molar-refractivity contribution in [3.63, 3.8) is 0 Å². The number of rotatable bonds is 10. The van der Waals surface area contributed by atoms with Crippen molar-refractivity contribution in [3.8, 4) is 0 Å². The van der Waals surface area contributed by atoms with Crippen LogP contribution >= 0.6 is 0 Å². The van der Waals surface area contributed by atoms with Crippen molar-refractivity contribution in [3.05, 3.63) is 0 Å². The average molecular weight is 555 g/mol. The van der Waals surface area contributed by atoms with E-state index in [1.54, 1.807) is 0 Å². The molecule has 0 radical (unpaired) electrons. The molecule has 1 heterocycles. The molecule has 5 atom stereocenters. The molecule has 0 aromatic heterocycles. The van der Waals surface area contributed by atoms with Gasteiger partial charge in [-0.1, -0.05) is 0 Å². The fraction of sp³-hybridized carbons (Fsp3) is 0.952. The van der Waals surface area contributed by atoms with Crippen LogP contribution in [0, 0.1) is 0 Å². The van der Waals surface area contributed by atoms with Crippen LogP contribution in [0.5, 0.6) is 0 Å². The molecule has 1 rings (SSSR count). The SMILES string of the molecule is C[Si](C)(C)OC(=O)[C@H]1O[C@@H](O[Si](C)(C)C)[C@H](O[Si](C)(C)C)[C@@H](O[Si](C)(C)C)[C@H]1O[Si](C)(C)C. The molecule has 1 aliphatic heterocycles. The third-order valence-electron chi connectivity index (χ3n) is 4.07. The zero-order valence-electron chi connectivity index (χ0n) is 23.7. The summed E-state index contributed by atoms with van der Waals surface area (Å²) in [6.07, 6.45) is -3.22. The molecular weight excluding hydrogens is 505 g/mol. The van der Waals surface area contributed by atoms with Crippen molar-refractivity contribution in [2.24, 2.45) is 0 Å². The highest BCUT2D eigenvalue weighted by Crippen LogP contribution is 2.35. The summed E-state index contributed by atoms with van der Waals surface area (Å²) in [6.45, 7) is 31.5. The highest BCUT2D eigenvalue weighted by molar-refractivity contribution is 6.72. The number of carbonyl (C=O) groups excluding carboxylic acids is 1. The molecule has 0 saturated carbocycles. The van der Waals surface area contributed by atoms with Gasteiger partial charge in [-0.3, -0.25) is 4.79 Å². The smallest absolute Gasteiger partial charge is 0.324 e. The number of carbonyl (C=O) groups is 1. The van der Waals surface area contributed by atoms with Gasteiger partial charge in [0.15, 0.2) is 45.7 Å². The van der Waals surface area contributed by atoms with Crippen molar-refractivity contribution in [1.82, 2.24) is 0 Å². The van der Waals surface area contributed by atoms with Crippen LogP contribution in [0.15, 0.2) is 0 Å². The van der Waals surface area contributed by atoms with Crippen molar-refractivity contribution in [1.29, 1.82) is 0 Å². The predicted octanol–water partition coefficient (Wildman–Crippen LogP) is 5.60. The maximum atomic E-state index is 13.4. The predicted molar refractivity (Wildman–Crippen MR) is 147 cm³/mol. The summed E-state index contributed by atoms with van der Waals surface area (Å²) in [5.74, 6) is -0.391. The molecule has 0 aromatic carbocycles. The molecule has 0 unspecified atom stereocenters. The van der Waals surface area contributed by atoms with Gasteiger partial charge in [0.25, 0.3) is 0 Å². The minimum Gasteiger partial charge on any atom is -0.518 e. The van der Waals surface area contributed by atoms with Crippen LogP contribution in [0.4, 0.5) is 0 Å². The Bertz CT molecular complexity index is 656. The van der Waals surface area contributed by atoms with Crippen molar-refractivity contribution in [2.45, 2.75) is 129 Å². The lowest BCUT2D eigenvalue weighted by molar-refractivity contribution is -0.262. The Labute approximate surface area is 207 Å². The Hall–Kier alpha value is 0.354. The monoisotopic (exact) mass is 554 g/mol. The second-order valence-electron chi connectivity index (χ2n) is 13.8. The van der Waals surface area contributed by atoms with Gasteiger partial charge in [0.1, 0.15) is 18.3 Å². The molecule has 1 aliphatic rings. The maximum Gasteiger partial charge on any atom is 0.324 e. The average Bonchev–Trinajstić information content (AvgIpc) is 2.45. The third-order valence-corrected chi connectivity index (χ3v) is 8.76. The highest BCUT2D eigenvalue weighted by Gasteiger charge is 2.55. The first-order valence-electron chi connectivity index (χ1n) is 12.0. The van der Waals surface area contributed by atoms with Crippen LogP contribution in [0.1, 0.15) is 0 Å².